The fourth-order valence-corrected chi connectivity index (χ4v) is 2.40. The standard InChI is InChI=1S/C17H22O5/c1-17(2)21-14(10-9-12-7-5-4-6-8-12)16(22-17)13(18)11-15(19)20-3/h4-10,13-14,16,18H,11H2,1-3H3/b10-9+/t13-,14+,16+/m1/s1. The first-order valence-electron chi connectivity index (χ1n) is 7.25. The van der Waals surface area contributed by atoms with Gasteiger partial charge in [0.25, 0.3) is 0 Å². The molecule has 1 aromatic rings. The van der Waals surface area contributed by atoms with Gasteiger partial charge >= 0.3 is 5.97 Å². The monoisotopic (exact) mass is 306 g/mol. The lowest BCUT2D eigenvalue weighted by molar-refractivity contribution is -0.159. The predicted octanol–water partition coefficient (Wildman–Crippen LogP) is 2.14. The van der Waals surface area contributed by atoms with Crippen LogP contribution in [0.5, 0.6) is 0 Å². The van der Waals surface area contributed by atoms with E-state index in [0.717, 1.165) is 5.56 Å². The molecule has 5 heteroatoms. The zero-order valence-electron chi connectivity index (χ0n) is 13.1. The molecule has 1 heterocycles. The number of hydrogen-bond acceptors (Lipinski definition) is 5. The molecule has 0 radical (unpaired) electrons. The summed E-state index contributed by atoms with van der Waals surface area (Å²) in [5.41, 5.74) is 1.03. The molecule has 1 saturated heterocycles. The highest BCUT2D eigenvalue weighted by molar-refractivity contribution is 5.69. The number of carbonyl (C=O) groups excluding carboxylic acids is 1. The van der Waals surface area contributed by atoms with E-state index in [9.17, 15) is 9.90 Å². The fraction of sp³-hybridized carbons (Fsp3) is 0.471. The number of esters is 1. The molecule has 0 unspecified atom stereocenters. The number of methoxy groups -OCH3 is 1. The first-order valence-corrected chi connectivity index (χ1v) is 7.25. The zero-order valence-corrected chi connectivity index (χ0v) is 13.1. The van der Waals surface area contributed by atoms with Crippen LogP contribution in [0.3, 0.4) is 0 Å². The molecule has 1 N–H and O–H groups in total. The molecule has 120 valence electrons. The largest absolute Gasteiger partial charge is 0.469 e. The highest BCUT2D eigenvalue weighted by atomic mass is 16.8. The zero-order chi connectivity index (χ0) is 16.2. The molecule has 0 spiro atoms. The van der Waals surface area contributed by atoms with Gasteiger partial charge in [0.15, 0.2) is 5.79 Å². The van der Waals surface area contributed by atoms with Crippen LogP contribution in [0.4, 0.5) is 0 Å². The number of ether oxygens (including phenoxy) is 3. The van der Waals surface area contributed by atoms with E-state index in [2.05, 4.69) is 4.74 Å². The molecule has 5 nitrogen and oxygen atoms in total. The molecular weight excluding hydrogens is 284 g/mol. The topological polar surface area (TPSA) is 65.0 Å². The van der Waals surface area contributed by atoms with Gasteiger partial charge in [-0.3, -0.25) is 4.79 Å². The molecule has 1 aliphatic heterocycles. The third-order valence-corrected chi connectivity index (χ3v) is 3.42. The van der Waals surface area contributed by atoms with Crippen molar-refractivity contribution in [3.05, 3.63) is 42.0 Å². The van der Waals surface area contributed by atoms with Crippen molar-refractivity contribution < 1.29 is 24.1 Å². The van der Waals surface area contributed by atoms with Gasteiger partial charge in [-0.15, -0.1) is 0 Å². The first kappa shape index (κ1) is 16.7. The quantitative estimate of drug-likeness (QED) is 0.844. The smallest absolute Gasteiger partial charge is 0.308 e. The van der Waals surface area contributed by atoms with Gasteiger partial charge in [0.1, 0.15) is 12.2 Å². The highest BCUT2D eigenvalue weighted by Gasteiger charge is 2.44. The van der Waals surface area contributed by atoms with Crippen molar-refractivity contribution in [2.45, 2.75) is 44.4 Å². The second-order valence-corrected chi connectivity index (χ2v) is 5.68. The highest BCUT2D eigenvalue weighted by Crippen LogP contribution is 2.32. The van der Waals surface area contributed by atoms with E-state index in [4.69, 9.17) is 9.47 Å². The summed E-state index contributed by atoms with van der Waals surface area (Å²) in [6.45, 7) is 3.56. The van der Waals surface area contributed by atoms with Crippen LogP contribution in [0.15, 0.2) is 36.4 Å². The van der Waals surface area contributed by atoms with Crippen LogP contribution in [0.25, 0.3) is 6.08 Å². The van der Waals surface area contributed by atoms with Crippen LogP contribution in [0, 0.1) is 0 Å². The summed E-state index contributed by atoms with van der Waals surface area (Å²) in [5.74, 6) is -1.29. The van der Waals surface area contributed by atoms with Crippen LogP contribution in [-0.2, 0) is 19.0 Å². The molecule has 1 aliphatic rings. The van der Waals surface area contributed by atoms with Gasteiger partial charge < -0.3 is 19.3 Å². The summed E-state index contributed by atoms with van der Waals surface area (Å²) < 4.78 is 16.1. The Hall–Kier alpha value is -1.69. The van der Waals surface area contributed by atoms with Gasteiger partial charge in [0, 0.05) is 0 Å². The summed E-state index contributed by atoms with van der Waals surface area (Å²) in [4.78, 5) is 11.3. The van der Waals surface area contributed by atoms with Crippen molar-refractivity contribution in [2.75, 3.05) is 7.11 Å². The first-order chi connectivity index (χ1) is 10.4. The third-order valence-electron chi connectivity index (χ3n) is 3.42. The lowest BCUT2D eigenvalue weighted by Crippen LogP contribution is -2.36. The molecule has 0 aliphatic carbocycles. The Kier molecular flexibility index (Phi) is 5.34. The van der Waals surface area contributed by atoms with Crippen LogP contribution in [-0.4, -0.2) is 42.3 Å². The number of carbonyl (C=O) groups is 1. The summed E-state index contributed by atoms with van der Waals surface area (Å²) >= 11 is 0. The van der Waals surface area contributed by atoms with E-state index in [0.29, 0.717) is 0 Å². The lowest BCUT2D eigenvalue weighted by atomic mass is 10.0. The molecule has 1 aromatic carbocycles. The van der Waals surface area contributed by atoms with E-state index in [-0.39, 0.29) is 6.42 Å². The molecule has 0 bridgehead atoms. The number of benzene rings is 1. The van der Waals surface area contributed by atoms with Gasteiger partial charge in [-0.25, -0.2) is 0 Å². The minimum Gasteiger partial charge on any atom is -0.469 e. The Morgan fingerprint density at radius 3 is 2.68 bits per heavy atom. The van der Waals surface area contributed by atoms with Crippen LogP contribution in [0.1, 0.15) is 25.8 Å². The molecule has 2 rings (SSSR count). The Labute approximate surface area is 130 Å². The third kappa shape index (κ3) is 4.40. The van der Waals surface area contributed by atoms with Crippen molar-refractivity contribution in [3.8, 4) is 0 Å². The molecular formula is C17H22O5. The van der Waals surface area contributed by atoms with Crippen LogP contribution >= 0.6 is 0 Å². The Balaban J connectivity index is 2.09. The maximum atomic E-state index is 11.3. The Morgan fingerprint density at radius 1 is 1.36 bits per heavy atom. The molecule has 1 fully saturated rings. The summed E-state index contributed by atoms with van der Waals surface area (Å²) in [6, 6.07) is 9.77. The number of hydrogen-bond donors (Lipinski definition) is 1. The maximum Gasteiger partial charge on any atom is 0.308 e. The Morgan fingerprint density at radius 2 is 2.05 bits per heavy atom. The van der Waals surface area contributed by atoms with Crippen molar-refractivity contribution in [2.24, 2.45) is 0 Å². The molecule has 0 saturated carbocycles. The normalized spacial score (nSPS) is 25.3. The average Bonchev–Trinajstić information content (AvgIpc) is 2.81. The lowest BCUT2D eigenvalue weighted by Gasteiger charge is -2.20. The SMILES string of the molecule is COC(=O)C[C@@H](O)[C@@H]1OC(C)(C)O[C@H]1/C=C/c1ccccc1. The average molecular weight is 306 g/mol. The van der Waals surface area contributed by atoms with E-state index >= 15 is 0 Å². The second-order valence-electron chi connectivity index (χ2n) is 5.68. The van der Waals surface area contributed by atoms with Gasteiger partial charge in [0.2, 0.25) is 0 Å². The van der Waals surface area contributed by atoms with Crippen molar-refractivity contribution in [1.82, 2.24) is 0 Å². The van der Waals surface area contributed by atoms with Crippen molar-refractivity contribution in [3.63, 3.8) is 0 Å². The minimum absolute atomic E-state index is 0.129. The van der Waals surface area contributed by atoms with Crippen LogP contribution < -0.4 is 0 Å². The Bertz CT molecular complexity index is 523. The van der Waals surface area contributed by atoms with Crippen LogP contribution in [0.2, 0.25) is 0 Å². The molecule has 3 atom stereocenters. The van der Waals surface area contributed by atoms with Gasteiger partial charge in [-0.05, 0) is 19.4 Å². The van der Waals surface area contributed by atoms with Gasteiger partial charge in [-0.1, -0.05) is 42.5 Å². The van der Waals surface area contributed by atoms with Gasteiger partial charge in [-0.2, -0.15) is 0 Å². The molecule has 0 aromatic heterocycles. The van der Waals surface area contributed by atoms with E-state index in [1.165, 1.54) is 7.11 Å². The minimum atomic E-state index is -0.986. The summed E-state index contributed by atoms with van der Waals surface area (Å²) in [7, 11) is 1.29. The predicted molar refractivity (Wildman–Crippen MR) is 81.9 cm³/mol. The molecule has 22 heavy (non-hydrogen) atoms. The number of aliphatic hydroxyl groups excluding tert-OH is 1. The fourth-order valence-electron chi connectivity index (χ4n) is 2.40. The van der Waals surface area contributed by atoms with Crippen molar-refractivity contribution in [1.29, 1.82) is 0 Å². The second kappa shape index (κ2) is 7.05. The van der Waals surface area contributed by atoms with Gasteiger partial charge in [0.05, 0.1) is 19.6 Å². The summed E-state index contributed by atoms with van der Waals surface area (Å²) in [6.07, 6.45) is 1.59. The van der Waals surface area contributed by atoms with Crippen molar-refractivity contribution >= 4 is 12.0 Å². The summed E-state index contributed by atoms with van der Waals surface area (Å²) in [5, 5.41) is 10.2. The van der Waals surface area contributed by atoms with E-state index in [1.807, 2.05) is 42.5 Å². The maximum absolute atomic E-state index is 11.3. The number of rotatable bonds is 5. The van der Waals surface area contributed by atoms with E-state index in [1.54, 1.807) is 13.8 Å². The number of aliphatic hydroxyl groups is 1. The van der Waals surface area contributed by atoms with E-state index < -0.39 is 30.1 Å². The molecule has 0 amide bonds.